The third-order valence-corrected chi connectivity index (χ3v) is 3.82. The molecule has 2 aliphatic rings. The molecule has 1 aromatic carbocycles. The standard InChI is InChI=1S/C23H27FN4O2/c1-15-18(23(29)28-10-3-2-4-21(28)25-15)9-13-27-11-7-16(8-12-27)22-19-6-5-17(24)14-20(19)30-26-22/h5-6,14,16H,2-4,7-13H2,1H3/i1D3,2D2,3D2,4D2,5D,6D,7D2,8D2,9D2,10D2,11D2,12D2,13D2,14D,16D. The van der Waals surface area contributed by atoms with Gasteiger partial charge in [0.15, 0.2) is 5.58 Å². The average molecular weight is 438 g/mol. The largest absolute Gasteiger partial charge is 0.356 e. The Morgan fingerprint density at radius 3 is 3.10 bits per heavy atom. The van der Waals surface area contributed by atoms with Gasteiger partial charge in [-0.2, -0.15) is 0 Å². The van der Waals surface area contributed by atoms with Gasteiger partial charge in [-0.3, -0.25) is 9.36 Å². The first-order valence-electron chi connectivity index (χ1n) is 21.5. The minimum atomic E-state index is -4.82. The molecule has 1 fully saturated rings. The van der Waals surface area contributed by atoms with Gasteiger partial charge in [0.25, 0.3) is 5.56 Å². The van der Waals surface area contributed by atoms with E-state index in [2.05, 4.69) is 10.1 Å². The number of likely N-dealkylation sites (tertiary alicyclic amines) is 1. The molecule has 0 radical (unpaired) electrons. The number of piperidine rings is 1. The van der Waals surface area contributed by atoms with Crippen LogP contribution in [0.2, 0.25) is 0 Å². The van der Waals surface area contributed by atoms with Crippen molar-refractivity contribution in [3.05, 3.63) is 57.1 Å². The van der Waals surface area contributed by atoms with Crippen LogP contribution in [0.4, 0.5) is 4.39 Å². The van der Waals surface area contributed by atoms with Gasteiger partial charge in [0.1, 0.15) is 11.6 Å². The Bertz CT molecular complexity index is 2250. The first-order valence-corrected chi connectivity index (χ1v) is 8.04. The molecule has 158 valence electrons. The first kappa shape index (κ1) is 5.63. The highest BCUT2D eigenvalue weighted by Gasteiger charge is 2.25. The molecule has 30 heavy (non-hydrogen) atoms. The summed E-state index contributed by atoms with van der Waals surface area (Å²) in [6.45, 7) is -22.1. The molecule has 1 saturated heterocycles. The second-order valence-electron chi connectivity index (χ2n) is 5.63. The van der Waals surface area contributed by atoms with E-state index >= 15 is 0 Å². The number of aryl methyl sites for hydroxylation is 2. The van der Waals surface area contributed by atoms with Gasteiger partial charge in [0.05, 0.1) is 9.81 Å². The summed E-state index contributed by atoms with van der Waals surface area (Å²) in [6, 6.07) is -4.03. The van der Waals surface area contributed by atoms with E-state index in [0.29, 0.717) is 0 Å². The van der Waals surface area contributed by atoms with Gasteiger partial charge in [-0.1, -0.05) is 5.16 Å². The summed E-state index contributed by atoms with van der Waals surface area (Å²) in [5.41, 5.74) is -9.24. The summed E-state index contributed by atoms with van der Waals surface area (Å²) in [7, 11) is 0. The van der Waals surface area contributed by atoms with E-state index in [4.69, 9.17) is 41.5 Å². The molecule has 2 aliphatic heterocycles. The minimum absolute atomic E-state index is 0.627. The van der Waals surface area contributed by atoms with E-state index in [1.807, 2.05) is 0 Å². The molecule has 0 N–H and O–H groups in total. The Hall–Kier alpha value is -2.54. The van der Waals surface area contributed by atoms with Crippen molar-refractivity contribution < 1.29 is 45.9 Å². The zero-order valence-electron chi connectivity index (χ0n) is 41.5. The second kappa shape index (κ2) is 7.95. The third-order valence-electron chi connectivity index (χ3n) is 3.82. The Morgan fingerprint density at radius 2 is 2.27 bits per heavy atom. The highest BCUT2D eigenvalue weighted by atomic mass is 19.1. The predicted octanol–water partition coefficient (Wildman–Crippen LogP) is 3.59. The lowest BCUT2D eigenvalue weighted by molar-refractivity contribution is 0.211. The Morgan fingerprint density at radius 1 is 1.40 bits per heavy atom. The lowest BCUT2D eigenvalue weighted by Gasteiger charge is -2.31. The van der Waals surface area contributed by atoms with Crippen LogP contribution >= 0.6 is 0 Å². The molecule has 5 rings (SSSR count). The van der Waals surface area contributed by atoms with E-state index in [-0.39, 0.29) is 0 Å². The van der Waals surface area contributed by atoms with Crippen LogP contribution in [0.25, 0.3) is 11.0 Å². The van der Waals surface area contributed by atoms with Crippen LogP contribution in [-0.2, 0) is 19.2 Å². The zero-order chi connectivity index (χ0) is 44.6. The number of benzene rings is 1. The fourth-order valence-corrected chi connectivity index (χ4v) is 2.47. The second-order valence-corrected chi connectivity index (χ2v) is 5.63. The van der Waals surface area contributed by atoms with E-state index in [1.165, 1.54) is 0 Å². The van der Waals surface area contributed by atoms with Crippen molar-refractivity contribution in [3.63, 3.8) is 0 Å². The van der Waals surface area contributed by atoms with Crippen molar-refractivity contribution in [2.24, 2.45) is 0 Å². The molecule has 0 atom stereocenters. The van der Waals surface area contributed by atoms with Crippen LogP contribution in [0.15, 0.2) is 27.4 Å². The monoisotopic (exact) mass is 437 g/mol. The fourth-order valence-electron chi connectivity index (χ4n) is 2.47. The molecule has 2 aromatic heterocycles. The number of nitrogens with zero attached hydrogens (tertiary/aromatic N) is 4. The van der Waals surface area contributed by atoms with Gasteiger partial charge in [-0.25, -0.2) is 9.37 Å². The maximum atomic E-state index is 14.5. The van der Waals surface area contributed by atoms with Gasteiger partial charge >= 0.3 is 0 Å². The smallest absolute Gasteiger partial charge is 0.256 e. The van der Waals surface area contributed by atoms with Gasteiger partial charge in [0.2, 0.25) is 0 Å². The maximum Gasteiger partial charge on any atom is 0.256 e. The van der Waals surface area contributed by atoms with E-state index < -0.39 is 150 Å². The first-order chi connectivity index (χ1) is 25.0. The molecule has 7 heteroatoms. The molecule has 0 saturated carbocycles. The summed E-state index contributed by atoms with van der Waals surface area (Å²) in [5.74, 6) is -7.69. The van der Waals surface area contributed by atoms with Crippen LogP contribution in [0, 0.1) is 12.7 Å². The summed E-state index contributed by atoms with van der Waals surface area (Å²) in [4.78, 5) is 16.4. The zero-order valence-corrected chi connectivity index (χ0v) is 14.5. The number of hydrogen-bond donors (Lipinski definition) is 0. The highest BCUT2D eigenvalue weighted by Crippen LogP contribution is 2.32. The molecule has 0 unspecified atom stereocenters. The Kier molecular flexibility index (Phi) is 1.49. The van der Waals surface area contributed by atoms with E-state index in [0.717, 1.165) is 0 Å². The normalized spacial score (nSPS) is 47.2. The summed E-state index contributed by atoms with van der Waals surface area (Å²) in [5, 5.41) is 2.11. The Labute approximate surface area is 212 Å². The number of hydrogen-bond acceptors (Lipinski definition) is 5. The highest BCUT2D eigenvalue weighted by molar-refractivity contribution is 5.79. The summed E-state index contributed by atoms with van der Waals surface area (Å²) in [6.07, 6.45) is -25.6. The van der Waals surface area contributed by atoms with Gasteiger partial charge in [-0.05, 0) is 63.8 Å². The van der Waals surface area contributed by atoms with Crippen molar-refractivity contribution in [2.75, 3.05) is 19.5 Å². The van der Waals surface area contributed by atoms with Crippen molar-refractivity contribution in [1.29, 1.82) is 0 Å². The summed E-state index contributed by atoms with van der Waals surface area (Å²) >= 11 is 0. The third kappa shape index (κ3) is 3.55. The number of fused-ring (bicyclic) bond motifs is 2. The van der Waals surface area contributed by atoms with Gasteiger partial charge in [0, 0.05) is 80.8 Å². The number of halogens is 1. The molecule has 0 amide bonds. The topological polar surface area (TPSA) is 64.2 Å². The molecule has 0 aliphatic carbocycles. The van der Waals surface area contributed by atoms with Crippen LogP contribution < -0.4 is 5.56 Å². The number of rotatable bonds is 4. The van der Waals surface area contributed by atoms with Gasteiger partial charge < -0.3 is 9.42 Å². The van der Waals surface area contributed by atoms with Crippen molar-refractivity contribution in [1.82, 2.24) is 19.6 Å². The predicted molar refractivity (Wildman–Crippen MR) is 112 cm³/mol. The molecule has 0 bridgehead atoms. The fraction of sp³-hybridized carbons (Fsp3) is 0.522. The molecule has 4 heterocycles. The van der Waals surface area contributed by atoms with Crippen molar-refractivity contribution in [2.45, 2.75) is 57.5 Å². The molecule has 3 aromatic rings. The van der Waals surface area contributed by atoms with Crippen molar-refractivity contribution in [3.8, 4) is 0 Å². The number of aromatic nitrogens is 3. The molecular formula is C23H27FN4O2. The van der Waals surface area contributed by atoms with Crippen LogP contribution in [0.1, 0.15) is 91.2 Å². The molecule has 6 nitrogen and oxygen atoms in total. The molecular weight excluding hydrogens is 383 g/mol. The van der Waals surface area contributed by atoms with Crippen LogP contribution in [-0.4, -0.2) is 39.1 Å². The van der Waals surface area contributed by atoms with Gasteiger partial charge in [-0.15, -0.1) is 0 Å². The van der Waals surface area contributed by atoms with Crippen molar-refractivity contribution >= 4 is 11.0 Å². The van der Waals surface area contributed by atoms with E-state index in [1.54, 1.807) is 0 Å². The maximum absolute atomic E-state index is 14.5. The summed E-state index contributed by atoms with van der Waals surface area (Å²) < 4.78 is 247. The van der Waals surface area contributed by atoms with Crippen LogP contribution in [0.3, 0.4) is 0 Å². The SMILES string of the molecule is [2H]c1c(F)c([2H])c2onc(C3([2H])C([2H])([2H])C([2H])([2H])N(C([2H])([2H])C([2H])([2H])c4c(C([2H])([2H])[2H])nc5n(c4=O)C([2H])([2H])C([2H])([2H])C([2H])([2H])C5([2H])[2H])C([2H])([2H])C3([2H])[2H])c2c1[2H]. The molecule has 0 spiro atoms. The average Bonchev–Trinajstić information content (AvgIpc) is 3.48. The lowest BCUT2D eigenvalue weighted by atomic mass is 9.91. The Balaban J connectivity index is 1.88. The quantitative estimate of drug-likeness (QED) is 0.624. The van der Waals surface area contributed by atoms with E-state index in [9.17, 15) is 9.18 Å². The van der Waals surface area contributed by atoms with Crippen LogP contribution in [0.5, 0.6) is 0 Å². The minimum Gasteiger partial charge on any atom is -0.356 e. The lowest BCUT2D eigenvalue weighted by Crippen LogP contribution is -2.37.